The van der Waals surface area contributed by atoms with Crippen LogP contribution in [0.1, 0.15) is 36.1 Å². The summed E-state index contributed by atoms with van der Waals surface area (Å²) in [5.74, 6) is -0.0549. The summed E-state index contributed by atoms with van der Waals surface area (Å²) < 4.78 is 54.9. The van der Waals surface area contributed by atoms with E-state index in [1.54, 1.807) is 31.2 Å². The average Bonchev–Trinajstić information content (AvgIpc) is 3.26. The molecule has 0 amide bonds. The van der Waals surface area contributed by atoms with Crippen molar-refractivity contribution >= 4 is 43.0 Å². The van der Waals surface area contributed by atoms with Gasteiger partial charge in [-0.15, -0.1) is 0 Å². The smallest absolute Gasteiger partial charge is 0.279 e. The highest BCUT2D eigenvalue weighted by atomic mass is 35.5. The highest BCUT2D eigenvalue weighted by Crippen LogP contribution is 2.38. The summed E-state index contributed by atoms with van der Waals surface area (Å²) in [6.45, 7) is 3.49. The number of nitrogens with zero attached hydrogens (tertiary/aromatic N) is 2. The molecule has 10 heteroatoms. The van der Waals surface area contributed by atoms with Gasteiger partial charge in [-0.1, -0.05) is 48.0 Å². The summed E-state index contributed by atoms with van der Waals surface area (Å²) in [5, 5.41) is 4.97. The lowest BCUT2D eigenvalue weighted by Gasteiger charge is -2.24. The molecule has 1 N–H and O–H groups in total. The van der Waals surface area contributed by atoms with E-state index in [1.165, 1.54) is 24.3 Å². The summed E-state index contributed by atoms with van der Waals surface area (Å²) >= 11 is 5.96. The molecule has 178 valence electrons. The van der Waals surface area contributed by atoms with Crippen LogP contribution in [0.5, 0.6) is 0 Å². The number of hydrazone groups is 1. The summed E-state index contributed by atoms with van der Waals surface area (Å²) in [5.41, 5.74) is 3.38. The van der Waals surface area contributed by atoms with Crippen LogP contribution in [0.2, 0.25) is 5.02 Å². The molecule has 0 aromatic heterocycles. The Bertz CT molecular complexity index is 1450. The van der Waals surface area contributed by atoms with Gasteiger partial charge in [0, 0.05) is 17.1 Å². The number of halogens is 1. The Morgan fingerprint density at radius 3 is 2.38 bits per heavy atom. The van der Waals surface area contributed by atoms with Crippen LogP contribution in [0.25, 0.3) is 0 Å². The molecule has 1 aliphatic rings. The van der Waals surface area contributed by atoms with Gasteiger partial charge in [-0.25, -0.2) is 8.42 Å². The zero-order chi connectivity index (χ0) is 24.5. The van der Waals surface area contributed by atoms with E-state index in [9.17, 15) is 16.8 Å². The number of benzene rings is 3. The third-order valence-electron chi connectivity index (χ3n) is 5.63. The summed E-state index contributed by atoms with van der Waals surface area (Å²) in [6, 6.07) is 19.8. The topological polar surface area (TPSA) is 95.9 Å². The second kappa shape index (κ2) is 9.40. The maximum atomic E-state index is 13.6. The number of nitrogens with one attached hydrogen (secondary N) is 1. The van der Waals surface area contributed by atoms with Crippen molar-refractivity contribution in [3.63, 3.8) is 0 Å². The molecule has 1 unspecified atom stereocenters. The Morgan fingerprint density at radius 2 is 1.71 bits per heavy atom. The van der Waals surface area contributed by atoms with E-state index in [1.807, 2.05) is 31.2 Å². The van der Waals surface area contributed by atoms with Gasteiger partial charge >= 0.3 is 0 Å². The van der Waals surface area contributed by atoms with Crippen molar-refractivity contribution in [2.45, 2.75) is 31.2 Å². The number of rotatable bonds is 7. The Morgan fingerprint density at radius 1 is 1.00 bits per heavy atom. The molecule has 0 radical (unpaired) electrons. The lowest BCUT2D eigenvalue weighted by molar-refractivity contribution is 0.370. The number of aryl methyl sites for hydroxylation is 1. The normalized spacial score (nSPS) is 16.4. The SMILES string of the molecule is CCS(=O)(=O)Nc1cccc(C2=NN(S(=O)(=O)c3ccc(Cl)cc3)C(c3ccccc3C)C2)c1. The van der Waals surface area contributed by atoms with E-state index in [-0.39, 0.29) is 10.6 Å². The first-order chi connectivity index (χ1) is 16.1. The molecular weight excluding hydrogens is 494 g/mol. The van der Waals surface area contributed by atoms with Crippen LogP contribution in [0.3, 0.4) is 0 Å². The van der Waals surface area contributed by atoms with Gasteiger partial charge in [0.25, 0.3) is 10.0 Å². The first kappa shape index (κ1) is 24.3. The van der Waals surface area contributed by atoms with Gasteiger partial charge in [-0.05, 0) is 66.9 Å². The summed E-state index contributed by atoms with van der Waals surface area (Å²) in [4.78, 5) is 0.0879. The standard InChI is InChI=1S/C24H24ClN3O4S2/c1-3-33(29,30)27-20-9-6-8-18(15-20)23-16-24(22-10-5-4-7-17(22)2)28(26-23)34(31,32)21-13-11-19(25)12-14-21/h4-15,24,27H,3,16H2,1-2H3. The van der Waals surface area contributed by atoms with E-state index in [0.29, 0.717) is 28.4 Å². The predicted octanol–water partition coefficient (Wildman–Crippen LogP) is 4.95. The zero-order valence-electron chi connectivity index (χ0n) is 18.6. The van der Waals surface area contributed by atoms with Crippen molar-refractivity contribution in [1.29, 1.82) is 0 Å². The Balaban J connectivity index is 1.78. The average molecular weight is 518 g/mol. The minimum atomic E-state index is -3.98. The second-order valence-electron chi connectivity index (χ2n) is 7.94. The molecule has 34 heavy (non-hydrogen) atoms. The Labute approximate surface area is 205 Å². The van der Waals surface area contributed by atoms with Gasteiger partial charge in [-0.2, -0.15) is 17.9 Å². The van der Waals surface area contributed by atoms with E-state index in [2.05, 4.69) is 9.82 Å². The highest BCUT2D eigenvalue weighted by molar-refractivity contribution is 7.92. The third kappa shape index (κ3) is 4.96. The summed E-state index contributed by atoms with van der Waals surface area (Å²) in [6.07, 6.45) is 0.335. The van der Waals surface area contributed by atoms with Crippen LogP contribution in [0, 0.1) is 6.92 Å². The number of hydrogen-bond acceptors (Lipinski definition) is 5. The molecule has 1 atom stereocenters. The van der Waals surface area contributed by atoms with E-state index in [4.69, 9.17) is 11.6 Å². The van der Waals surface area contributed by atoms with Gasteiger partial charge in [-0.3, -0.25) is 4.72 Å². The predicted molar refractivity (Wildman–Crippen MR) is 135 cm³/mol. The molecule has 0 spiro atoms. The van der Waals surface area contributed by atoms with Crippen molar-refractivity contribution < 1.29 is 16.8 Å². The molecule has 0 saturated heterocycles. The van der Waals surface area contributed by atoms with Crippen LogP contribution < -0.4 is 4.72 Å². The quantitative estimate of drug-likeness (QED) is 0.479. The van der Waals surface area contributed by atoms with Crippen LogP contribution in [-0.2, 0) is 20.0 Å². The third-order valence-corrected chi connectivity index (χ3v) is 8.88. The number of sulfonamides is 2. The first-order valence-corrected chi connectivity index (χ1v) is 14.1. The van der Waals surface area contributed by atoms with E-state index >= 15 is 0 Å². The largest absolute Gasteiger partial charge is 0.284 e. The van der Waals surface area contributed by atoms with Crippen LogP contribution in [-0.4, -0.2) is 32.7 Å². The minimum absolute atomic E-state index is 0.0549. The molecule has 3 aromatic carbocycles. The van der Waals surface area contributed by atoms with E-state index < -0.39 is 26.1 Å². The molecular formula is C24H24ClN3O4S2. The van der Waals surface area contributed by atoms with Gasteiger partial charge in [0.2, 0.25) is 10.0 Å². The molecule has 0 bridgehead atoms. The Hall–Kier alpha value is -2.88. The van der Waals surface area contributed by atoms with Crippen molar-refractivity contribution in [1.82, 2.24) is 4.41 Å². The first-order valence-electron chi connectivity index (χ1n) is 10.6. The summed E-state index contributed by atoms with van der Waals surface area (Å²) in [7, 11) is -7.43. The van der Waals surface area contributed by atoms with Gasteiger partial charge < -0.3 is 0 Å². The number of hydrogen-bond donors (Lipinski definition) is 1. The van der Waals surface area contributed by atoms with Crippen molar-refractivity contribution in [2.75, 3.05) is 10.5 Å². The Kier molecular flexibility index (Phi) is 6.71. The molecule has 0 fully saturated rings. The van der Waals surface area contributed by atoms with Crippen LogP contribution in [0.15, 0.2) is 82.8 Å². The molecule has 0 saturated carbocycles. The molecule has 1 heterocycles. The fourth-order valence-electron chi connectivity index (χ4n) is 3.81. The maximum absolute atomic E-state index is 13.6. The number of anilines is 1. The van der Waals surface area contributed by atoms with Crippen molar-refractivity contribution in [2.24, 2.45) is 5.10 Å². The monoisotopic (exact) mass is 517 g/mol. The van der Waals surface area contributed by atoms with Crippen LogP contribution in [0.4, 0.5) is 5.69 Å². The second-order valence-corrected chi connectivity index (χ2v) is 12.2. The van der Waals surface area contributed by atoms with Gasteiger partial charge in [0.05, 0.1) is 22.4 Å². The fraction of sp³-hybridized carbons (Fsp3) is 0.208. The lowest BCUT2D eigenvalue weighted by atomic mass is 9.96. The lowest BCUT2D eigenvalue weighted by Crippen LogP contribution is -2.27. The van der Waals surface area contributed by atoms with Crippen molar-refractivity contribution in [3.8, 4) is 0 Å². The molecule has 1 aliphatic heterocycles. The van der Waals surface area contributed by atoms with Crippen LogP contribution >= 0.6 is 11.6 Å². The van der Waals surface area contributed by atoms with Crippen molar-refractivity contribution in [3.05, 3.63) is 94.5 Å². The molecule has 7 nitrogen and oxygen atoms in total. The molecule has 3 aromatic rings. The molecule has 0 aliphatic carbocycles. The minimum Gasteiger partial charge on any atom is -0.284 e. The van der Waals surface area contributed by atoms with Gasteiger partial charge in [0.1, 0.15) is 0 Å². The fourth-order valence-corrected chi connectivity index (χ4v) is 5.99. The zero-order valence-corrected chi connectivity index (χ0v) is 21.0. The maximum Gasteiger partial charge on any atom is 0.279 e. The molecule has 4 rings (SSSR count). The van der Waals surface area contributed by atoms with Gasteiger partial charge in [0.15, 0.2) is 0 Å². The van der Waals surface area contributed by atoms with E-state index in [0.717, 1.165) is 15.5 Å². The highest BCUT2D eigenvalue weighted by Gasteiger charge is 2.38.